The van der Waals surface area contributed by atoms with Crippen molar-refractivity contribution in [3.05, 3.63) is 65.2 Å². The highest BCUT2D eigenvalue weighted by Crippen LogP contribution is 2.16. The van der Waals surface area contributed by atoms with E-state index in [4.69, 9.17) is 0 Å². The van der Waals surface area contributed by atoms with E-state index in [1.54, 1.807) is 12.1 Å². The maximum atomic E-state index is 13.8. The van der Waals surface area contributed by atoms with Crippen molar-refractivity contribution in [1.29, 1.82) is 0 Å². The predicted molar refractivity (Wildman–Crippen MR) is 112 cm³/mol. The van der Waals surface area contributed by atoms with Gasteiger partial charge in [0.25, 0.3) is 5.91 Å². The quantitative estimate of drug-likeness (QED) is 0.709. The van der Waals surface area contributed by atoms with E-state index >= 15 is 0 Å². The molecular formula is C22H24F2N4O3. The molecule has 0 unspecified atom stereocenters. The van der Waals surface area contributed by atoms with Gasteiger partial charge in [-0.1, -0.05) is 23.8 Å². The van der Waals surface area contributed by atoms with Crippen molar-refractivity contribution in [3.63, 3.8) is 0 Å². The third kappa shape index (κ3) is 5.85. The Bertz CT molecular complexity index is 937. The number of carbonyl (C=O) groups is 3. The van der Waals surface area contributed by atoms with E-state index in [1.807, 2.05) is 24.0 Å². The molecule has 3 amide bonds. The topological polar surface area (TPSA) is 81.8 Å². The molecule has 31 heavy (non-hydrogen) atoms. The highest BCUT2D eigenvalue weighted by molar-refractivity contribution is 6.39. The van der Waals surface area contributed by atoms with Crippen molar-refractivity contribution in [2.24, 2.45) is 0 Å². The summed E-state index contributed by atoms with van der Waals surface area (Å²) >= 11 is 0. The summed E-state index contributed by atoms with van der Waals surface area (Å²) in [5, 5.41) is 5.09. The summed E-state index contributed by atoms with van der Waals surface area (Å²) in [6.45, 7) is 4.28. The third-order valence-electron chi connectivity index (χ3n) is 5.07. The van der Waals surface area contributed by atoms with Crippen LogP contribution in [-0.4, -0.2) is 66.8 Å². The van der Waals surface area contributed by atoms with Gasteiger partial charge in [0.1, 0.15) is 17.2 Å². The van der Waals surface area contributed by atoms with Crippen LogP contribution >= 0.6 is 0 Å². The summed E-state index contributed by atoms with van der Waals surface area (Å²) in [6, 6.07) is 10.4. The number of benzene rings is 2. The minimum absolute atomic E-state index is 0.260. The summed E-state index contributed by atoms with van der Waals surface area (Å²) in [5.41, 5.74) is 1.05. The van der Waals surface area contributed by atoms with E-state index < -0.39 is 34.9 Å². The fourth-order valence-electron chi connectivity index (χ4n) is 3.27. The van der Waals surface area contributed by atoms with E-state index in [0.717, 1.165) is 17.7 Å². The van der Waals surface area contributed by atoms with Crippen molar-refractivity contribution in [2.45, 2.75) is 6.92 Å². The number of anilines is 1. The Labute approximate surface area is 179 Å². The maximum absolute atomic E-state index is 13.8. The lowest BCUT2D eigenvalue weighted by molar-refractivity contribution is -0.136. The van der Waals surface area contributed by atoms with Crippen LogP contribution in [0.2, 0.25) is 0 Å². The number of piperazine rings is 1. The van der Waals surface area contributed by atoms with Crippen LogP contribution in [-0.2, 0) is 9.59 Å². The van der Waals surface area contributed by atoms with Gasteiger partial charge < -0.3 is 15.5 Å². The lowest BCUT2D eigenvalue weighted by atomic mass is 10.1. The van der Waals surface area contributed by atoms with Crippen LogP contribution < -0.4 is 10.6 Å². The third-order valence-corrected chi connectivity index (χ3v) is 5.07. The van der Waals surface area contributed by atoms with Crippen LogP contribution in [0.15, 0.2) is 42.5 Å². The summed E-state index contributed by atoms with van der Waals surface area (Å²) in [4.78, 5) is 39.7. The molecule has 2 aromatic carbocycles. The van der Waals surface area contributed by atoms with Gasteiger partial charge in [-0.2, -0.15) is 0 Å². The monoisotopic (exact) mass is 430 g/mol. The molecule has 1 saturated heterocycles. The number of nitrogens with one attached hydrogen (secondary N) is 2. The minimum Gasteiger partial charge on any atom is -0.347 e. The fourth-order valence-corrected chi connectivity index (χ4v) is 3.27. The molecule has 1 aliphatic heterocycles. The zero-order valence-corrected chi connectivity index (χ0v) is 17.2. The minimum atomic E-state index is -0.876. The van der Waals surface area contributed by atoms with Crippen molar-refractivity contribution in [1.82, 2.24) is 15.1 Å². The van der Waals surface area contributed by atoms with Crippen LogP contribution in [0.1, 0.15) is 15.9 Å². The first-order valence-electron chi connectivity index (χ1n) is 9.96. The highest BCUT2D eigenvalue weighted by Gasteiger charge is 2.26. The van der Waals surface area contributed by atoms with Gasteiger partial charge in [-0.15, -0.1) is 0 Å². The molecule has 1 heterocycles. The normalized spacial score (nSPS) is 14.2. The Morgan fingerprint density at radius 1 is 0.903 bits per heavy atom. The molecule has 0 aliphatic carbocycles. The van der Waals surface area contributed by atoms with Crippen LogP contribution in [0.25, 0.3) is 0 Å². The van der Waals surface area contributed by atoms with E-state index in [1.165, 1.54) is 11.0 Å². The standard InChI is InChI=1S/C22H24F2N4O3/c1-15-5-7-16(8-6-15)26-21(30)20(29)25-9-10-27-11-13-28(14-12-27)22(31)19-17(23)3-2-4-18(19)24/h2-8H,9-14H2,1H3,(H,25,29)(H,26,30). The SMILES string of the molecule is Cc1ccc(NC(=O)C(=O)NCCN2CCN(C(=O)c3c(F)cccc3F)CC2)cc1. The van der Waals surface area contributed by atoms with Crippen molar-refractivity contribution >= 4 is 23.4 Å². The Morgan fingerprint density at radius 2 is 1.52 bits per heavy atom. The van der Waals surface area contributed by atoms with Gasteiger partial charge >= 0.3 is 11.8 Å². The molecule has 164 valence electrons. The summed E-state index contributed by atoms with van der Waals surface area (Å²) < 4.78 is 27.6. The summed E-state index contributed by atoms with van der Waals surface area (Å²) in [5.74, 6) is -3.90. The highest BCUT2D eigenvalue weighted by atomic mass is 19.1. The molecule has 1 aliphatic rings. The van der Waals surface area contributed by atoms with Gasteiger partial charge in [0, 0.05) is 45.0 Å². The maximum Gasteiger partial charge on any atom is 0.313 e. The number of hydrogen-bond acceptors (Lipinski definition) is 4. The Kier molecular flexibility index (Phi) is 7.30. The number of halogens is 2. The van der Waals surface area contributed by atoms with Gasteiger partial charge in [-0.3, -0.25) is 19.3 Å². The molecule has 0 bridgehead atoms. The lowest BCUT2D eigenvalue weighted by Gasteiger charge is -2.34. The molecule has 0 aromatic heterocycles. The molecule has 7 nitrogen and oxygen atoms in total. The van der Waals surface area contributed by atoms with Crippen molar-refractivity contribution in [3.8, 4) is 0 Å². The molecule has 3 rings (SSSR count). The number of aryl methyl sites for hydroxylation is 1. The van der Waals surface area contributed by atoms with Crippen LogP contribution in [0.4, 0.5) is 14.5 Å². The van der Waals surface area contributed by atoms with E-state index in [-0.39, 0.29) is 6.54 Å². The number of nitrogens with zero attached hydrogens (tertiary/aromatic N) is 2. The average molecular weight is 430 g/mol. The Balaban J connectivity index is 1.40. The molecular weight excluding hydrogens is 406 g/mol. The van der Waals surface area contributed by atoms with Gasteiger partial charge in [0.05, 0.1) is 0 Å². The van der Waals surface area contributed by atoms with E-state index in [2.05, 4.69) is 10.6 Å². The molecule has 9 heteroatoms. The lowest BCUT2D eigenvalue weighted by Crippen LogP contribution is -2.51. The van der Waals surface area contributed by atoms with E-state index in [9.17, 15) is 23.2 Å². The molecule has 2 N–H and O–H groups in total. The number of carbonyl (C=O) groups excluding carboxylic acids is 3. The largest absolute Gasteiger partial charge is 0.347 e. The zero-order chi connectivity index (χ0) is 22.4. The number of amides is 3. The summed E-state index contributed by atoms with van der Waals surface area (Å²) in [7, 11) is 0. The first-order valence-corrected chi connectivity index (χ1v) is 9.96. The first-order chi connectivity index (χ1) is 14.8. The second-order valence-electron chi connectivity index (χ2n) is 7.31. The fraction of sp³-hybridized carbons (Fsp3) is 0.318. The molecule has 0 spiro atoms. The van der Waals surface area contributed by atoms with Crippen LogP contribution in [0.3, 0.4) is 0 Å². The van der Waals surface area contributed by atoms with Crippen molar-refractivity contribution < 1.29 is 23.2 Å². The van der Waals surface area contributed by atoms with Crippen LogP contribution in [0.5, 0.6) is 0 Å². The molecule has 1 fully saturated rings. The van der Waals surface area contributed by atoms with Gasteiger partial charge in [-0.05, 0) is 31.2 Å². The smallest absolute Gasteiger partial charge is 0.313 e. The van der Waals surface area contributed by atoms with Gasteiger partial charge in [-0.25, -0.2) is 8.78 Å². The molecule has 0 atom stereocenters. The molecule has 0 radical (unpaired) electrons. The molecule has 0 saturated carbocycles. The second kappa shape index (κ2) is 10.1. The summed E-state index contributed by atoms with van der Waals surface area (Å²) in [6.07, 6.45) is 0. The number of rotatable bonds is 5. The number of hydrogen-bond donors (Lipinski definition) is 2. The predicted octanol–water partition coefficient (Wildman–Crippen LogP) is 1.79. The van der Waals surface area contributed by atoms with Gasteiger partial charge in [0.2, 0.25) is 0 Å². The first kappa shape index (κ1) is 22.4. The van der Waals surface area contributed by atoms with Gasteiger partial charge in [0.15, 0.2) is 0 Å². The Morgan fingerprint density at radius 3 is 2.13 bits per heavy atom. The molecule has 2 aromatic rings. The zero-order valence-electron chi connectivity index (χ0n) is 17.2. The van der Waals surface area contributed by atoms with E-state index in [0.29, 0.717) is 38.4 Å². The second-order valence-corrected chi connectivity index (χ2v) is 7.31. The average Bonchev–Trinajstić information content (AvgIpc) is 2.75. The Hall–Kier alpha value is -3.33. The van der Waals surface area contributed by atoms with Crippen LogP contribution in [0, 0.1) is 18.6 Å². The van der Waals surface area contributed by atoms with Crippen molar-refractivity contribution in [2.75, 3.05) is 44.6 Å².